The van der Waals surface area contributed by atoms with Crippen molar-refractivity contribution < 1.29 is 47.3 Å². The van der Waals surface area contributed by atoms with Gasteiger partial charge in [0.05, 0.1) is 27.8 Å². The Balaban J connectivity index is 0.783. The van der Waals surface area contributed by atoms with Gasteiger partial charge in [-0.2, -0.15) is 9.97 Å². The number of aromatic nitrogens is 5. The number of phenols is 1. The maximum absolute atomic E-state index is 17.5. The molecule has 4 amide bonds. The summed E-state index contributed by atoms with van der Waals surface area (Å²) in [6.07, 6.45) is 13.9. The Morgan fingerprint density at radius 3 is 2.55 bits per heavy atom. The number of alkyl carbamates (subject to hydrolysis) is 1. The molecular weight excluding hydrogens is 993 g/mol. The highest BCUT2D eigenvalue weighted by Crippen LogP contribution is 2.47. The Morgan fingerprint density at radius 2 is 1.79 bits per heavy atom. The van der Waals surface area contributed by atoms with Gasteiger partial charge < -0.3 is 29.5 Å². The lowest BCUT2D eigenvalue weighted by atomic mass is 9.86. The van der Waals surface area contributed by atoms with E-state index in [1.165, 1.54) is 39.6 Å². The number of aromatic hydroxyl groups is 1. The molecular formula is C57H61F2N9O9. The molecule has 3 aromatic heterocycles. The van der Waals surface area contributed by atoms with Gasteiger partial charge in [0.15, 0.2) is 5.82 Å². The maximum atomic E-state index is 17.5. The van der Waals surface area contributed by atoms with Gasteiger partial charge in [-0.25, -0.2) is 23.2 Å². The van der Waals surface area contributed by atoms with Gasteiger partial charge in [-0.1, -0.05) is 18.1 Å². The molecule has 0 aliphatic carbocycles. The van der Waals surface area contributed by atoms with Crippen molar-refractivity contribution in [1.82, 2.24) is 44.5 Å². The first-order chi connectivity index (χ1) is 36.9. The number of aryl methyl sites for hydroxylation is 2. The second-order valence-electron chi connectivity index (χ2n) is 22.3. The SMILES string of the molecule is C#Cc1c(F)ccc2cc(O)cc(-c3ncc4c(C5CC6CCC(C5)N6C(=O)OC(C)(C)C)nc(OC[C@@]56CCCN5[C@H](COC(=O)NCCCc5ccc7c(c5)n(C)c(=O)n7C5CCC(=O)NC5=O)CC6)nc4c3F)c12. The summed E-state index contributed by atoms with van der Waals surface area (Å²) in [4.78, 5) is 82.6. The molecule has 18 nitrogen and oxygen atoms in total. The van der Waals surface area contributed by atoms with Crippen LogP contribution >= 0.6 is 0 Å². The van der Waals surface area contributed by atoms with E-state index in [1.54, 1.807) is 7.05 Å². The summed E-state index contributed by atoms with van der Waals surface area (Å²) in [7, 11) is 1.65. The molecule has 3 unspecified atom stereocenters. The van der Waals surface area contributed by atoms with Crippen LogP contribution in [0.3, 0.4) is 0 Å². The summed E-state index contributed by atoms with van der Waals surface area (Å²) in [6, 6.07) is 9.89. The number of benzene rings is 3. The van der Waals surface area contributed by atoms with Crippen LogP contribution in [0, 0.1) is 24.0 Å². The van der Waals surface area contributed by atoms with Crippen molar-refractivity contribution >= 4 is 56.7 Å². The minimum absolute atomic E-state index is 0.0310. The molecule has 20 heteroatoms. The van der Waals surface area contributed by atoms with E-state index in [0.29, 0.717) is 59.7 Å². The Hall–Kier alpha value is -7.66. The Morgan fingerprint density at radius 1 is 1.00 bits per heavy atom. The van der Waals surface area contributed by atoms with Crippen LogP contribution in [0.25, 0.3) is 44.0 Å². The molecule has 77 heavy (non-hydrogen) atoms. The van der Waals surface area contributed by atoms with Crippen LogP contribution in [0.4, 0.5) is 18.4 Å². The number of nitrogens with zero attached hydrogens (tertiary/aromatic N) is 7. The zero-order chi connectivity index (χ0) is 54.1. The van der Waals surface area contributed by atoms with Gasteiger partial charge in [0.2, 0.25) is 11.8 Å². The van der Waals surface area contributed by atoms with Crippen LogP contribution < -0.4 is 21.1 Å². The van der Waals surface area contributed by atoms with Gasteiger partial charge in [0.1, 0.15) is 47.6 Å². The number of terminal acetylenes is 1. The Bertz CT molecular complexity index is 3500. The number of phenolic OH excluding ortho intramolecular Hbond substituents is 1. The smallest absolute Gasteiger partial charge is 0.410 e. The largest absolute Gasteiger partial charge is 0.508 e. The number of amides is 4. The molecule has 5 fully saturated rings. The van der Waals surface area contributed by atoms with E-state index >= 15 is 8.78 Å². The molecule has 6 aromatic rings. The number of carbonyl (C=O) groups is 4. The van der Waals surface area contributed by atoms with Crippen molar-refractivity contribution in [3.05, 3.63) is 87.6 Å². The van der Waals surface area contributed by atoms with Crippen molar-refractivity contribution in [2.45, 2.75) is 139 Å². The topological polar surface area (TPSA) is 212 Å². The van der Waals surface area contributed by atoms with E-state index in [-0.39, 0.29) is 107 Å². The highest BCUT2D eigenvalue weighted by Gasteiger charge is 2.51. The number of imidazole rings is 1. The molecule has 5 atom stereocenters. The number of imide groups is 1. The number of ether oxygens (including phenoxy) is 3. The zero-order valence-electron chi connectivity index (χ0n) is 43.5. The molecule has 2 bridgehead atoms. The van der Waals surface area contributed by atoms with E-state index in [2.05, 4.69) is 26.4 Å². The highest BCUT2D eigenvalue weighted by atomic mass is 19.1. The molecule has 3 aromatic carbocycles. The summed E-state index contributed by atoms with van der Waals surface area (Å²) < 4.78 is 53.8. The number of pyridine rings is 1. The summed E-state index contributed by atoms with van der Waals surface area (Å²) in [6.45, 7) is 6.99. The van der Waals surface area contributed by atoms with Crippen LogP contribution in [0.5, 0.6) is 11.8 Å². The molecule has 5 aliphatic rings. The van der Waals surface area contributed by atoms with Crippen molar-refractivity contribution in [2.75, 3.05) is 26.3 Å². The standard InChI is InChI=1S/C57H61F2N9O9/c1-6-38-41(58)14-11-32-26-37(69)27-39(46(32)38)49-47(59)50-40(28-61-49)48(33-24-34-12-13-35(25-33)67(34)55(74)77-56(2,3)4)63-52(64-50)76-30-57-19-8-22-66(57)36(18-20-57)29-75-53(72)60-21-7-9-31-10-15-42-44(23-31)65(5)54(73)68(42)43-16-17-45(70)62-51(43)71/h1,10-11,14-15,23,26-28,33-36,43,69H,7-9,12-13,16-22,24-25,29-30H2,2-5H3,(H,60,72)(H,62,70,71)/t33?,34?,35?,36-,43?,57-/m0/s1. The highest BCUT2D eigenvalue weighted by molar-refractivity contribution is 6.03. The van der Waals surface area contributed by atoms with Gasteiger partial charge in [-0.3, -0.25) is 33.9 Å². The van der Waals surface area contributed by atoms with E-state index < -0.39 is 40.8 Å². The molecule has 0 radical (unpaired) electrons. The normalized spacial score (nSPS) is 23.3. The van der Waals surface area contributed by atoms with Crippen LogP contribution in [0.15, 0.2) is 53.5 Å². The number of nitrogens with one attached hydrogen (secondary N) is 2. The van der Waals surface area contributed by atoms with E-state index in [9.17, 15) is 29.1 Å². The van der Waals surface area contributed by atoms with Crippen LogP contribution in [0.1, 0.15) is 120 Å². The first-order valence-corrected chi connectivity index (χ1v) is 26.5. The summed E-state index contributed by atoms with van der Waals surface area (Å²) >= 11 is 0. The first kappa shape index (κ1) is 51.4. The van der Waals surface area contributed by atoms with Crippen molar-refractivity contribution in [3.8, 4) is 35.4 Å². The fourth-order valence-electron chi connectivity index (χ4n) is 12.9. The number of halogens is 2. The Kier molecular flexibility index (Phi) is 13.4. The number of hydrogen-bond donors (Lipinski definition) is 3. The van der Waals surface area contributed by atoms with E-state index in [4.69, 9.17) is 30.6 Å². The summed E-state index contributed by atoms with van der Waals surface area (Å²) in [5.74, 6) is -0.360. The van der Waals surface area contributed by atoms with Gasteiger partial charge >= 0.3 is 23.9 Å². The molecule has 0 spiro atoms. The van der Waals surface area contributed by atoms with Crippen LogP contribution in [0.2, 0.25) is 0 Å². The number of carbonyl (C=O) groups excluding carboxylic acids is 4. The maximum Gasteiger partial charge on any atom is 0.410 e. The molecule has 11 rings (SSSR count). The third-order valence-corrected chi connectivity index (χ3v) is 16.4. The minimum Gasteiger partial charge on any atom is -0.508 e. The lowest BCUT2D eigenvalue weighted by Crippen LogP contribution is -2.48. The molecule has 5 saturated heterocycles. The quantitative estimate of drug-likeness (QED) is 0.0607. The van der Waals surface area contributed by atoms with Crippen molar-refractivity contribution in [3.63, 3.8) is 0 Å². The second-order valence-corrected chi connectivity index (χ2v) is 22.3. The molecule has 8 heterocycles. The third kappa shape index (κ3) is 9.56. The van der Waals surface area contributed by atoms with Crippen molar-refractivity contribution in [2.24, 2.45) is 7.05 Å². The average Bonchev–Trinajstić information content (AvgIpc) is 4.19. The van der Waals surface area contributed by atoms with Gasteiger partial charge in [0.25, 0.3) is 0 Å². The molecule has 0 saturated carbocycles. The van der Waals surface area contributed by atoms with E-state index in [0.717, 1.165) is 50.6 Å². The predicted octanol–water partition coefficient (Wildman–Crippen LogP) is 7.82. The fraction of sp³-hybridized carbons (Fsp3) is 0.474. The zero-order valence-corrected chi connectivity index (χ0v) is 43.5. The number of fused-ring (bicyclic) bond motifs is 6. The van der Waals surface area contributed by atoms with Gasteiger partial charge in [0, 0.05) is 66.6 Å². The Labute approximate surface area is 442 Å². The summed E-state index contributed by atoms with van der Waals surface area (Å²) in [5.41, 5.74) is 1.08. The lowest BCUT2D eigenvalue weighted by Gasteiger charge is -2.39. The van der Waals surface area contributed by atoms with Crippen molar-refractivity contribution in [1.29, 1.82) is 0 Å². The average molecular weight is 1050 g/mol. The van der Waals surface area contributed by atoms with Gasteiger partial charge in [-0.15, -0.1) is 6.42 Å². The third-order valence-electron chi connectivity index (χ3n) is 16.4. The number of piperidine rings is 2. The summed E-state index contributed by atoms with van der Waals surface area (Å²) in [5, 5.41) is 17.0. The van der Waals surface area contributed by atoms with Crippen LogP contribution in [-0.4, -0.2) is 119 Å². The second kappa shape index (κ2) is 20.0. The number of hydrogen-bond acceptors (Lipinski definition) is 13. The predicted molar refractivity (Wildman–Crippen MR) is 280 cm³/mol. The van der Waals surface area contributed by atoms with E-state index in [1.807, 2.05) is 43.9 Å². The fourth-order valence-corrected chi connectivity index (χ4v) is 12.9. The first-order valence-electron chi connectivity index (χ1n) is 26.5. The van der Waals surface area contributed by atoms with Crippen LogP contribution in [-0.2, 0) is 32.5 Å². The van der Waals surface area contributed by atoms with Gasteiger partial charge in [-0.05, 0) is 139 Å². The number of rotatable bonds is 12. The molecule has 402 valence electrons. The monoisotopic (exact) mass is 1050 g/mol. The lowest BCUT2D eigenvalue weighted by molar-refractivity contribution is -0.135. The molecule has 5 aliphatic heterocycles. The molecule has 3 N–H and O–H groups in total. The minimum atomic E-state index is -0.824.